The van der Waals surface area contributed by atoms with E-state index in [9.17, 15) is 0 Å². The van der Waals surface area contributed by atoms with Gasteiger partial charge in [0.1, 0.15) is 0 Å². The Bertz CT molecular complexity index is 350. The SMILES string of the molecule is CCN(CC(C)C)c1cc(Cl)ccc1CNC. The fourth-order valence-electron chi connectivity index (χ4n) is 2.01. The number of hydrogen-bond acceptors (Lipinski definition) is 2. The highest BCUT2D eigenvalue weighted by atomic mass is 35.5. The maximum absolute atomic E-state index is 6.11. The molecule has 0 saturated carbocycles. The first-order valence-corrected chi connectivity index (χ1v) is 6.64. The number of hydrogen-bond donors (Lipinski definition) is 1. The molecule has 0 heterocycles. The maximum Gasteiger partial charge on any atom is 0.0426 e. The largest absolute Gasteiger partial charge is 0.371 e. The van der Waals surface area contributed by atoms with Crippen molar-refractivity contribution in [2.75, 3.05) is 25.0 Å². The zero-order valence-corrected chi connectivity index (χ0v) is 12.0. The number of rotatable bonds is 6. The molecule has 1 rings (SSSR count). The van der Waals surface area contributed by atoms with Gasteiger partial charge in [-0.1, -0.05) is 31.5 Å². The Kier molecular flexibility index (Phi) is 5.79. The Morgan fingerprint density at radius 3 is 2.59 bits per heavy atom. The van der Waals surface area contributed by atoms with Gasteiger partial charge in [-0.15, -0.1) is 0 Å². The van der Waals surface area contributed by atoms with Gasteiger partial charge in [0.25, 0.3) is 0 Å². The molecule has 0 atom stereocenters. The zero-order valence-electron chi connectivity index (χ0n) is 11.3. The minimum Gasteiger partial charge on any atom is -0.371 e. The summed E-state index contributed by atoms with van der Waals surface area (Å²) in [5.74, 6) is 0.649. The molecule has 0 unspecified atom stereocenters. The molecule has 1 N–H and O–H groups in total. The van der Waals surface area contributed by atoms with E-state index in [1.165, 1.54) is 11.3 Å². The van der Waals surface area contributed by atoms with Crippen molar-refractivity contribution in [3.05, 3.63) is 28.8 Å². The first kappa shape index (κ1) is 14.3. The summed E-state index contributed by atoms with van der Waals surface area (Å²) in [6, 6.07) is 6.14. The molecule has 17 heavy (non-hydrogen) atoms. The molecule has 1 aromatic rings. The normalized spacial score (nSPS) is 10.9. The fraction of sp³-hybridized carbons (Fsp3) is 0.571. The first-order chi connectivity index (χ1) is 8.08. The van der Waals surface area contributed by atoms with E-state index < -0.39 is 0 Å². The van der Waals surface area contributed by atoms with E-state index in [2.05, 4.69) is 43.1 Å². The van der Waals surface area contributed by atoms with Gasteiger partial charge < -0.3 is 10.2 Å². The van der Waals surface area contributed by atoms with Gasteiger partial charge in [0.2, 0.25) is 0 Å². The van der Waals surface area contributed by atoms with Crippen LogP contribution in [-0.2, 0) is 6.54 Å². The molecule has 0 aliphatic heterocycles. The predicted octanol–water partition coefficient (Wildman–Crippen LogP) is 3.54. The third kappa shape index (κ3) is 4.21. The summed E-state index contributed by atoms with van der Waals surface area (Å²) >= 11 is 6.11. The van der Waals surface area contributed by atoms with Gasteiger partial charge in [0, 0.05) is 30.3 Å². The average molecular weight is 255 g/mol. The third-order valence-electron chi connectivity index (χ3n) is 2.72. The number of halogens is 1. The number of nitrogens with zero attached hydrogens (tertiary/aromatic N) is 1. The van der Waals surface area contributed by atoms with Gasteiger partial charge in [-0.2, -0.15) is 0 Å². The molecule has 0 amide bonds. The van der Waals surface area contributed by atoms with Crippen molar-refractivity contribution >= 4 is 17.3 Å². The smallest absolute Gasteiger partial charge is 0.0426 e. The van der Waals surface area contributed by atoms with Crippen molar-refractivity contribution in [2.24, 2.45) is 5.92 Å². The van der Waals surface area contributed by atoms with Crippen molar-refractivity contribution in [2.45, 2.75) is 27.3 Å². The molecule has 1 aromatic carbocycles. The highest BCUT2D eigenvalue weighted by molar-refractivity contribution is 6.30. The Hall–Kier alpha value is -0.730. The second kappa shape index (κ2) is 6.87. The zero-order chi connectivity index (χ0) is 12.8. The summed E-state index contributed by atoms with van der Waals surface area (Å²) in [6.07, 6.45) is 0. The van der Waals surface area contributed by atoms with Crippen LogP contribution in [0.1, 0.15) is 26.3 Å². The summed E-state index contributed by atoms with van der Waals surface area (Å²) in [7, 11) is 1.97. The van der Waals surface area contributed by atoms with Gasteiger partial charge >= 0.3 is 0 Å². The molecule has 0 aliphatic rings. The highest BCUT2D eigenvalue weighted by Gasteiger charge is 2.11. The molecule has 0 aliphatic carbocycles. The minimum atomic E-state index is 0.649. The van der Waals surface area contributed by atoms with Crippen LogP contribution >= 0.6 is 11.6 Å². The first-order valence-electron chi connectivity index (χ1n) is 6.26. The summed E-state index contributed by atoms with van der Waals surface area (Å²) in [6.45, 7) is 9.62. The highest BCUT2D eigenvalue weighted by Crippen LogP contribution is 2.25. The van der Waals surface area contributed by atoms with Crippen LogP contribution in [0.15, 0.2) is 18.2 Å². The van der Waals surface area contributed by atoms with E-state index >= 15 is 0 Å². The molecule has 2 nitrogen and oxygen atoms in total. The monoisotopic (exact) mass is 254 g/mol. The van der Waals surface area contributed by atoms with Gasteiger partial charge in [0.15, 0.2) is 0 Å². The standard InChI is InChI=1S/C14H23ClN2/c1-5-17(10-11(2)3)14-8-13(15)7-6-12(14)9-16-4/h6-8,11,16H,5,9-10H2,1-4H3. The van der Waals surface area contributed by atoms with Crippen LogP contribution < -0.4 is 10.2 Å². The van der Waals surface area contributed by atoms with Crippen LogP contribution in [-0.4, -0.2) is 20.1 Å². The van der Waals surface area contributed by atoms with E-state index in [0.717, 1.165) is 24.7 Å². The molecule has 0 bridgehead atoms. The molecule has 0 aromatic heterocycles. The molecule has 0 saturated heterocycles. The average Bonchev–Trinajstić information content (AvgIpc) is 2.28. The second-order valence-corrected chi connectivity index (χ2v) is 5.17. The summed E-state index contributed by atoms with van der Waals surface area (Å²) < 4.78 is 0. The van der Waals surface area contributed by atoms with Crippen LogP contribution in [0.4, 0.5) is 5.69 Å². The molecular formula is C14H23ClN2. The molecule has 0 spiro atoms. The molecule has 96 valence electrons. The van der Waals surface area contributed by atoms with E-state index in [4.69, 9.17) is 11.6 Å². The van der Waals surface area contributed by atoms with Crippen molar-refractivity contribution in [1.29, 1.82) is 0 Å². The Morgan fingerprint density at radius 1 is 1.35 bits per heavy atom. The van der Waals surface area contributed by atoms with Crippen LogP contribution in [0.5, 0.6) is 0 Å². The lowest BCUT2D eigenvalue weighted by Crippen LogP contribution is -2.28. The lowest BCUT2D eigenvalue weighted by atomic mass is 10.1. The summed E-state index contributed by atoms with van der Waals surface area (Å²) in [5, 5.41) is 4.01. The van der Waals surface area contributed by atoms with E-state index in [1.807, 2.05) is 13.1 Å². The molecule has 0 radical (unpaired) electrons. The van der Waals surface area contributed by atoms with Crippen LogP contribution in [0, 0.1) is 5.92 Å². The summed E-state index contributed by atoms with van der Waals surface area (Å²) in [4.78, 5) is 2.39. The number of anilines is 1. The minimum absolute atomic E-state index is 0.649. The van der Waals surface area contributed by atoms with Crippen molar-refractivity contribution in [3.8, 4) is 0 Å². The Labute approximate surface area is 110 Å². The van der Waals surface area contributed by atoms with Crippen LogP contribution in [0.2, 0.25) is 5.02 Å². The second-order valence-electron chi connectivity index (χ2n) is 4.74. The molecular weight excluding hydrogens is 232 g/mol. The molecule has 0 fully saturated rings. The van der Waals surface area contributed by atoms with Gasteiger partial charge in [-0.05, 0) is 37.6 Å². The fourth-order valence-corrected chi connectivity index (χ4v) is 2.18. The Morgan fingerprint density at radius 2 is 2.06 bits per heavy atom. The van der Waals surface area contributed by atoms with Gasteiger partial charge in [-0.3, -0.25) is 0 Å². The lowest BCUT2D eigenvalue weighted by molar-refractivity contribution is 0.616. The van der Waals surface area contributed by atoms with Gasteiger partial charge in [0.05, 0.1) is 0 Å². The van der Waals surface area contributed by atoms with E-state index in [0.29, 0.717) is 5.92 Å². The van der Waals surface area contributed by atoms with Crippen LogP contribution in [0.25, 0.3) is 0 Å². The lowest BCUT2D eigenvalue weighted by Gasteiger charge is -2.27. The predicted molar refractivity (Wildman–Crippen MR) is 76.9 cm³/mol. The van der Waals surface area contributed by atoms with Crippen molar-refractivity contribution in [3.63, 3.8) is 0 Å². The maximum atomic E-state index is 6.11. The van der Waals surface area contributed by atoms with Crippen molar-refractivity contribution < 1.29 is 0 Å². The van der Waals surface area contributed by atoms with Crippen molar-refractivity contribution in [1.82, 2.24) is 5.32 Å². The summed E-state index contributed by atoms with van der Waals surface area (Å²) in [5.41, 5.74) is 2.56. The van der Waals surface area contributed by atoms with Gasteiger partial charge in [-0.25, -0.2) is 0 Å². The third-order valence-corrected chi connectivity index (χ3v) is 2.96. The number of nitrogens with one attached hydrogen (secondary N) is 1. The molecule has 3 heteroatoms. The van der Waals surface area contributed by atoms with E-state index in [1.54, 1.807) is 0 Å². The van der Waals surface area contributed by atoms with E-state index in [-0.39, 0.29) is 0 Å². The number of benzene rings is 1. The Balaban J connectivity index is 3.02. The quantitative estimate of drug-likeness (QED) is 0.835. The van der Waals surface area contributed by atoms with Crippen LogP contribution in [0.3, 0.4) is 0 Å². The topological polar surface area (TPSA) is 15.3 Å².